The smallest absolute Gasteiger partial charge is 0.387 e. The van der Waals surface area contributed by atoms with E-state index in [4.69, 9.17) is 4.74 Å². The Balaban J connectivity index is 2.16. The largest absolute Gasteiger partial charge is 0.490 e. The average molecular weight is 313 g/mol. The van der Waals surface area contributed by atoms with Gasteiger partial charge < -0.3 is 14.4 Å². The molecule has 1 aromatic carbocycles. The van der Waals surface area contributed by atoms with Gasteiger partial charge in [-0.1, -0.05) is 13.0 Å². The maximum absolute atomic E-state index is 12.4. The highest BCUT2D eigenvalue weighted by Crippen LogP contribution is 2.33. The Bertz CT molecular complexity index is 518. The molecule has 0 saturated heterocycles. The fourth-order valence-corrected chi connectivity index (χ4v) is 2.32. The average Bonchev–Trinajstić information content (AvgIpc) is 3.31. The molecule has 0 heterocycles. The summed E-state index contributed by atoms with van der Waals surface area (Å²) in [5, 5.41) is 0. The summed E-state index contributed by atoms with van der Waals surface area (Å²) in [6.45, 7) is 1.53. The molecule has 22 heavy (non-hydrogen) atoms. The van der Waals surface area contributed by atoms with Crippen LogP contribution in [0.3, 0.4) is 0 Å². The molecule has 1 amide bonds. The predicted molar refractivity (Wildman–Crippen MR) is 78.1 cm³/mol. The predicted octanol–water partition coefficient (Wildman–Crippen LogP) is 3.59. The fourth-order valence-electron chi connectivity index (χ4n) is 2.32. The molecule has 1 fully saturated rings. The van der Waals surface area contributed by atoms with E-state index in [9.17, 15) is 13.6 Å². The lowest BCUT2D eigenvalue weighted by molar-refractivity contribution is -0.132. The van der Waals surface area contributed by atoms with E-state index in [0.717, 1.165) is 18.4 Å². The molecule has 0 radical (unpaired) electrons. The summed E-state index contributed by atoms with van der Waals surface area (Å²) in [4.78, 5) is 13.8. The first kappa shape index (κ1) is 16.5. The molecular formula is C16H21F2NO3. The van der Waals surface area contributed by atoms with Crippen molar-refractivity contribution in [3.63, 3.8) is 0 Å². The highest BCUT2D eigenvalue weighted by atomic mass is 19.3. The van der Waals surface area contributed by atoms with E-state index in [1.165, 1.54) is 6.07 Å². The van der Waals surface area contributed by atoms with Crippen molar-refractivity contribution < 1.29 is 23.0 Å². The van der Waals surface area contributed by atoms with Crippen molar-refractivity contribution in [3.8, 4) is 11.5 Å². The second-order valence-corrected chi connectivity index (χ2v) is 5.20. The number of nitrogens with zero attached hydrogens (tertiary/aromatic N) is 1. The number of amides is 1. The van der Waals surface area contributed by atoms with E-state index in [1.54, 1.807) is 19.1 Å². The van der Waals surface area contributed by atoms with E-state index < -0.39 is 6.61 Å². The second-order valence-electron chi connectivity index (χ2n) is 5.20. The molecule has 1 aliphatic rings. The van der Waals surface area contributed by atoms with Crippen LogP contribution in [0.15, 0.2) is 18.2 Å². The molecule has 0 aromatic heterocycles. The van der Waals surface area contributed by atoms with Gasteiger partial charge in [0.1, 0.15) is 0 Å². The Labute approximate surface area is 129 Å². The lowest BCUT2D eigenvalue weighted by atomic mass is 10.1. The van der Waals surface area contributed by atoms with E-state index in [1.807, 2.05) is 11.8 Å². The van der Waals surface area contributed by atoms with Crippen molar-refractivity contribution >= 4 is 5.91 Å². The van der Waals surface area contributed by atoms with Gasteiger partial charge in [-0.15, -0.1) is 0 Å². The summed E-state index contributed by atoms with van der Waals surface area (Å²) >= 11 is 0. The molecular weight excluding hydrogens is 292 g/mol. The molecule has 4 nitrogen and oxygen atoms in total. The quantitative estimate of drug-likeness (QED) is 0.736. The van der Waals surface area contributed by atoms with Gasteiger partial charge in [0.05, 0.1) is 6.61 Å². The zero-order valence-corrected chi connectivity index (χ0v) is 12.9. The molecule has 2 rings (SSSR count). The molecule has 0 atom stereocenters. The third-order valence-electron chi connectivity index (χ3n) is 3.49. The van der Waals surface area contributed by atoms with Crippen molar-refractivity contribution in [3.05, 3.63) is 23.8 Å². The number of carbonyl (C=O) groups is 1. The van der Waals surface area contributed by atoms with Crippen molar-refractivity contribution in [2.75, 3.05) is 6.61 Å². The minimum Gasteiger partial charge on any atom is -0.490 e. The van der Waals surface area contributed by atoms with E-state index in [-0.39, 0.29) is 17.4 Å². The van der Waals surface area contributed by atoms with Crippen LogP contribution in [0.1, 0.15) is 38.7 Å². The Hall–Kier alpha value is -1.85. The first-order valence-corrected chi connectivity index (χ1v) is 7.55. The number of hydrogen-bond acceptors (Lipinski definition) is 3. The van der Waals surface area contributed by atoms with E-state index >= 15 is 0 Å². The number of rotatable bonds is 8. The van der Waals surface area contributed by atoms with Crippen LogP contribution in [0.4, 0.5) is 8.78 Å². The lowest BCUT2D eigenvalue weighted by Gasteiger charge is -2.22. The van der Waals surface area contributed by atoms with Gasteiger partial charge in [0, 0.05) is 19.0 Å². The SMILES string of the molecule is CCOc1cc(CN(C(=O)CC)C2CC2)ccc1OC(F)F. The van der Waals surface area contributed by atoms with Crippen LogP contribution >= 0.6 is 0 Å². The highest BCUT2D eigenvalue weighted by Gasteiger charge is 2.31. The zero-order chi connectivity index (χ0) is 16.1. The maximum Gasteiger partial charge on any atom is 0.387 e. The number of ether oxygens (including phenoxy) is 2. The van der Waals surface area contributed by atoms with Crippen LogP contribution in [0.5, 0.6) is 11.5 Å². The molecule has 122 valence electrons. The summed E-state index contributed by atoms with van der Waals surface area (Å²) in [5.41, 5.74) is 0.846. The van der Waals surface area contributed by atoms with Crippen LogP contribution in [0.25, 0.3) is 0 Å². The summed E-state index contributed by atoms with van der Waals surface area (Å²) in [6, 6.07) is 5.13. The van der Waals surface area contributed by atoms with Crippen molar-refractivity contribution in [2.24, 2.45) is 0 Å². The highest BCUT2D eigenvalue weighted by molar-refractivity contribution is 5.76. The molecule has 0 spiro atoms. The van der Waals surface area contributed by atoms with Crippen LogP contribution in [0, 0.1) is 0 Å². The second kappa shape index (κ2) is 7.42. The standard InChI is InChI=1S/C16H21F2NO3/c1-3-15(20)19(12-6-7-12)10-11-5-8-13(22-16(17)18)14(9-11)21-4-2/h5,8-9,12,16H,3-4,6-7,10H2,1-2H3. The number of carbonyl (C=O) groups excluding carboxylic acids is 1. The maximum atomic E-state index is 12.4. The lowest BCUT2D eigenvalue weighted by Crippen LogP contribution is -2.31. The monoisotopic (exact) mass is 313 g/mol. The third-order valence-corrected chi connectivity index (χ3v) is 3.49. The molecule has 0 aliphatic heterocycles. The molecule has 0 unspecified atom stereocenters. The number of benzene rings is 1. The van der Waals surface area contributed by atoms with Crippen molar-refractivity contribution in [2.45, 2.75) is 52.3 Å². The number of halogens is 2. The van der Waals surface area contributed by atoms with Gasteiger partial charge in [0.25, 0.3) is 0 Å². The first-order valence-electron chi connectivity index (χ1n) is 7.55. The van der Waals surface area contributed by atoms with Crippen LogP contribution in [0.2, 0.25) is 0 Å². The third kappa shape index (κ3) is 4.32. The number of hydrogen-bond donors (Lipinski definition) is 0. The molecule has 1 aliphatic carbocycles. The summed E-state index contributed by atoms with van der Waals surface area (Å²) in [7, 11) is 0. The van der Waals surface area contributed by atoms with Gasteiger partial charge in [-0.05, 0) is 37.5 Å². The Morgan fingerprint density at radius 1 is 1.32 bits per heavy atom. The Morgan fingerprint density at radius 2 is 2.05 bits per heavy atom. The normalized spacial score (nSPS) is 14.0. The Kier molecular flexibility index (Phi) is 5.57. The van der Waals surface area contributed by atoms with Gasteiger partial charge in [-0.2, -0.15) is 8.78 Å². The molecule has 0 bridgehead atoms. The van der Waals surface area contributed by atoms with Gasteiger partial charge in [-0.3, -0.25) is 4.79 Å². The fraction of sp³-hybridized carbons (Fsp3) is 0.562. The van der Waals surface area contributed by atoms with Crippen LogP contribution in [-0.2, 0) is 11.3 Å². The Morgan fingerprint density at radius 3 is 2.59 bits per heavy atom. The molecule has 0 N–H and O–H groups in total. The first-order chi connectivity index (χ1) is 10.5. The van der Waals surface area contributed by atoms with Crippen LogP contribution in [-0.4, -0.2) is 30.1 Å². The van der Waals surface area contributed by atoms with E-state index in [0.29, 0.717) is 25.6 Å². The summed E-state index contributed by atoms with van der Waals surface area (Å²) in [6.07, 6.45) is 2.51. The van der Waals surface area contributed by atoms with Gasteiger partial charge in [0.2, 0.25) is 5.91 Å². The number of alkyl halides is 2. The zero-order valence-electron chi connectivity index (χ0n) is 12.9. The molecule has 1 saturated carbocycles. The van der Waals surface area contributed by atoms with Crippen molar-refractivity contribution in [1.29, 1.82) is 0 Å². The van der Waals surface area contributed by atoms with Gasteiger partial charge in [-0.25, -0.2) is 0 Å². The minimum absolute atomic E-state index is 0.0142. The van der Waals surface area contributed by atoms with Crippen LogP contribution < -0.4 is 9.47 Å². The minimum atomic E-state index is -2.89. The molecule has 6 heteroatoms. The topological polar surface area (TPSA) is 38.8 Å². The van der Waals surface area contributed by atoms with Gasteiger partial charge in [0.15, 0.2) is 11.5 Å². The molecule has 1 aromatic rings. The van der Waals surface area contributed by atoms with Crippen molar-refractivity contribution in [1.82, 2.24) is 4.90 Å². The van der Waals surface area contributed by atoms with Gasteiger partial charge >= 0.3 is 6.61 Å². The van der Waals surface area contributed by atoms with E-state index in [2.05, 4.69) is 4.74 Å². The summed E-state index contributed by atoms with van der Waals surface area (Å²) < 4.78 is 34.6. The summed E-state index contributed by atoms with van der Waals surface area (Å²) in [5.74, 6) is 0.397.